The van der Waals surface area contributed by atoms with Crippen LogP contribution in [0, 0.1) is 5.82 Å². The van der Waals surface area contributed by atoms with Crippen LogP contribution in [-0.4, -0.2) is 57.1 Å². The highest BCUT2D eigenvalue weighted by molar-refractivity contribution is 7.92. The van der Waals surface area contributed by atoms with Crippen LogP contribution in [0.2, 0.25) is 0 Å². The van der Waals surface area contributed by atoms with Crippen molar-refractivity contribution < 1.29 is 27.1 Å². The lowest BCUT2D eigenvalue weighted by molar-refractivity contribution is -0.141. The van der Waals surface area contributed by atoms with E-state index in [0.717, 1.165) is 31.9 Å². The maximum absolute atomic E-state index is 13.5. The number of rotatable bonds is 13. The molecule has 0 bridgehead atoms. The van der Waals surface area contributed by atoms with Crippen LogP contribution in [0.5, 0.6) is 5.75 Å². The van der Waals surface area contributed by atoms with Crippen LogP contribution in [0.25, 0.3) is 0 Å². The summed E-state index contributed by atoms with van der Waals surface area (Å²) in [5.41, 5.74) is 1.19. The molecule has 10 heteroatoms. The van der Waals surface area contributed by atoms with Crippen molar-refractivity contribution in [3.63, 3.8) is 0 Å². The van der Waals surface area contributed by atoms with Gasteiger partial charge in [-0.15, -0.1) is 0 Å². The fraction of sp³-hybridized carbons (Fsp3) is 0.500. The lowest BCUT2D eigenvalue weighted by Crippen LogP contribution is -2.51. The second kappa shape index (κ2) is 13.6. The predicted molar refractivity (Wildman–Crippen MR) is 146 cm³/mol. The molecule has 0 saturated heterocycles. The molecule has 1 unspecified atom stereocenters. The zero-order valence-corrected chi connectivity index (χ0v) is 23.2. The highest BCUT2D eigenvalue weighted by atomic mass is 32.2. The number of hydrogen-bond donors (Lipinski definition) is 1. The van der Waals surface area contributed by atoms with E-state index in [4.69, 9.17) is 4.74 Å². The van der Waals surface area contributed by atoms with Gasteiger partial charge in [0.1, 0.15) is 17.6 Å². The van der Waals surface area contributed by atoms with Gasteiger partial charge in [0.05, 0.1) is 19.1 Å². The van der Waals surface area contributed by atoms with E-state index in [0.29, 0.717) is 23.4 Å². The molecule has 0 aliphatic heterocycles. The standard InChI is InChI=1S/C28H38FN3O5S/c1-4-26(28(34)30-23-8-5-6-9-23)31(20-21-11-13-22(29)14-12-21)27(33)10-7-19-32(38(3,35)36)24-15-17-25(37-2)18-16-24/h11-18,23,26H,4-10,19-20H2,1-3H3,(H,30,34). The van der Waals surface area contributed by atoms with E-state index in [9.17, 15) is 22.4 Å². The summed E-state index contributed by atoms with van der Waals surface area (Å²) in [7, 11) is -2.06. The number of hydrogen-bond acceptors (Lipinski definition) is 5. The van der Waals surface area contributed by atoms with E-state index in [2.05, 4.69) is 5.32 Å². The van der Waals surface area contributed by atoms with Crippen LogP contribution in [0.15, 0.2) is 48.5 Å². The van der Waals surface area contributed by atoms with Crippen molar-refractivity contribution in [3.8, 4) is 5.75 Å². The fourth-order valence-corrected chi connectivity index (χ4v) is 5.79. The van der Waals surface area contributed by atoms with Gasteiger partial charge in [-0.25, -0.2) is 12.8 Å². The Morgan fingerprint density at radius 1 is 1.08 bits per heavy atom. The molecular weight excluding hydrogens is 509 g/mol. The summed E-state index contributed by atoms with van der Waals surface area (Å²) in [6.07, 6.45) is 5.87. The van der Waals surface area contributed by atoms with Crippen molar-refractivity contribution in [2.75, 3.05) is 24.2 Å². The fourth-order valence-electron chi connectivity index (χ4n) is 4.83. The Hall–Kier alpha value is -3.14. The second-order valence-electron chi connectivity index (χ2n) is 9.70. The van der Waals surface area contributed by atoms with Gasteiger partial charge < -0.3 is 15.0 Å². The molecule has 0 spiro atoms. The summed E-state index contributed by atoms with van der Waals surface area (Å²) in [5.74, 6) is -0.218. The van der Waals surface area contributed by atoms with Gasteiger partial charge in [-0.2, -0.15) is 0 Å². The molecule has 208 valence electrons. The van der Waals surface area contributed by atoms with Crippen molar-refractivity contribution in [3.05, 3.63) is 59.9 Å². The Morgan fingerprint density at radius 3 is 2.26 bits per heavy atom. The second-order valence-corrected chi connectivity index (χ2v) is 11.6. The number of carbonyl (C=O) groups excluding carboxylic acids is 2. The lowest BCUT2D eigenvalue weighted by Gasteiger charge is -2.32. The van der Waals surface area contributed by atoms with Crippen LogP contribution in [-0.2, 0) is 26.2 Å². The van der Waals surface area contributed by atoms with Gasteiger partial charge in [0.15, 0.2) is 0 Å². The first-order valence-corrected chi connectivity index (χ1v) is 14.9. The van der Waals surface area contributed by atoms with Crippen molar-refractivity contribution in [1.82, 2.24) is 10.2 Å². The van der Waals surface area contributed by atoms with Gasteiger partial charge >= 0.3 is 0 Å². The minimum Gasteiger partial charge on any atom is -0.497 e. The molecule has 0 heterocycles. The molecule has 3 rings (SSSR count). The number of methoxy groups -OCH3 is 1. The molecule has 1 fully saturated rings. The quantitative estimate of drug-likeness (QED) is 0.405. The summed E-state index contributed by atoms with van der Waals surface area (Å²) in [4.78, 5) is 28.2. The molecule has 1 aliphatic carbocycles. The predicted octanol–water partition coefficient (Wildman–Crippen LogP) is 4.25. The van der Waals surface area contributed by atoms with E-state index in [-0.39, 0.29) is 49.6 Å². The van der Waals surface area contributed by atoms with Crippen LogP contribution in [0.1, 0.15) is 57.4 Å². The normalized spacial score (nSPS) is 14.6. The van der Waals surface area contributed by atoms with Crippen molar-refractivity contribution in [1.29, 1.82) is 0 Å². The number of anilines is 1. The van der Waals surface area contributed by atoms with Gasteiger partial charge in [-0.05, 0) is 67.6 Å². The molecular formula is C28H38FN3O5S. The van der Waals surface area contributed by atoms with Gasteiger partial charge in [-0.3, -0.25) is 13.9 Å². The Kier molecular flexibility index (Phi) is 10.5. The lowest BCUT2D eigenvalue weighted by atomic mass is 10.1. The van der Waals surface area contributed by atoms with E-state index in [1.54, 1.807) is 36.4 Å². The van der Waals surface area contributed by atoms with Gasteiger partial charge in [0, 0.05) is 25.6 Å². The largest absolute Gasteiger partial charge is 0.497 e. The van der Waals surface area contributed by atoms with Crippen molar-refractivity contribution in [2.24, 2.45) is 0 Å². The molecule has 1 N–H and O–H groups in total. The SMILES string of the molecule is CCC(C(=O)NC1CCCC1)N(Cc1ccc(F)cc1)C(=O)CCCN(c1ccc(OC)cc1)S(C)(=O)=O. The third-order valence-electron chi connectivity index (χ3n) is 6.87. The zero-order valence-electron chi connectivity index (χ0n) is 22.4. The molecule has 1 saturated carbocycles. The molecule has 38 heavy (non-hydrogen) atoms. The summed E-state index contributed by atoms with van der Waals surface area (Å²) in [6, 6.07) is 12.0. The third-order valence-corrected chi connectivity index (χ3v) is 8.06. The molecule has 1 atom stereocenters. The molecule has 2 aromatic rings. The van der Waals surface area contributed by atoms with Crippen LogP contribution in [0.3, 0.4) is 0 Å². The monoisotopic (exact) mass is 547 g/mol. The molecule has 0 radical (unpaired) electrons. The molecule has 2 aromatic carbocycles. The highest BCUT2D eigenvalue weighted by Crippen LogP contribution is 2.23. The smallest absolute Gasteiger partial charge is 0.243 e. The summed E-state index contributed by atoms with van der Waals surface area (Å²) < 4.78 is 44.9. The Labute approximate surface area is 225 Å². The topological polar surface area (TPSA) is 96.0 Å². The number of sulfonamides is 1. The average Bonchev–Trinajstić information content (AvgIpc) is 3.40. The van der Waals surface area contributed by atoms with Gasteiger partial charge in [-0.1, -0.05) is 31.9 Å². The zero-order chi connectivity index (χ0) is 27.7. The number of carbonyl (C=O) groups is 2. The third kappa shape index (κ3) is 8.18. The first-order chi connectivity index (χ1) is 18.1. The number of halogens is 1. The van der Waals surface area contributed by atoms with Crippen molar-refractivity contribution in [2.45, 2.75) is 70.5 Å². The number of ether oxygens (including phenoxy) is 1. The van der Waals surface area contributed by atoms with Crippen molar-refractivity contribution >= 4 is 27.5 Å². The molecule has 1 aliphatic rings. The highest BCUT2D eigenvalue weighted by Gasteiger charge is 2.30. The molecule has 2 amide bonds. The summed E-state index contributed by atoms with van der Waals surface area (Å²) in [5, 5.41) is 3.09. The average molecular weight is 548 g/mol. The van der Waals surface area contributed by atoms with Gasteiger partial charge in [0.2, 0.25) is 21.8 Å². The van der Waals surface area contributed by atoms with Crippen LogP contribution >= 0.6 is 0 Å². The maximum Gasteiger partial charge on any atom is 0.243 e. The van der Waals surface area contributed by atoms with E-state index < -0.39 is 16.1 Å². The first-order valence-electron chi connectivity index (χ1n) is 13.1. The van der Waals surface area contributed by atoms with Crippen LogP contribution in [0.4, 0.5) is 10.1 Å². The van der Waals surface area contributed by atoms with Crippen LogP contribution < -0.4 is 14.4 Å². The summed E-state index contributed by atoms with van der Waals surface area (Å²) in [6.45, 7) is 2.12. The summed E-state index contributed by atoms with van der Waals surface area (Å²) >= 11 is 0. The first kappa shape index (κ1) is 29.4. The van der Waals surface area contributed by atoms with E-state index in [1.165, 1.54) is 28.4 Å². The van der Waals surface area contributed by atoms with E-state index in [1.807, 2.05) is 6.92 Å². The Balaban J connectivity index is 1.74. The minimum absolute atomic E-state index is 0.0522. The number of nitrogens with one attached hydrogen (secondary N) is 1. The number of benzene rings is 2. The Bertz CT molecular complexity index is 1170. The maximum atomic E-state index is 13.5. The van der Waals surface area contributed by atoms with Gasteiger partial charge in [0.25, 0.3) is 0 Å². The minimum atomic E-state index is -3.59. The number of nitrogens with zero attached hydrogens (tertiary/aromatic N) is 2. The molecule has 0 aromatic heterocycles. The molecule has 8 nitrogen and oxygen atoms in total. The Morgan fingerprint density at radius 2 is 1.71 bits per heavy atom. The van der Waals surface area contributed by atoms with E-state index >= 15 is 0 Å². The number of amides is 2.